The number of rotatable bonds is 8. The summed E-state index contributed by atoms with van der Waals surface area (Å²) in [5.74, 6) is -1.46. The van der Waals surface area contributed by atoms with Crippen LogP contribution in [0.15, 0.2) is 18.2 Å². The molecule has 9 heteroatoms. The van der Waals surface area contributed by atoms with Crippen molar-refractivity contribution >= 4 is 11.8 Å². The highest BCUT2D eigenvalue weighted by molar-refractivity contribution is 5.94. The molecule has 0 radical (unpaired) electrons. The normalized spacial score (nSPS) is 19.1. The lowest BCUT2D eigenvalue weighted by atomic mass is 9.96. The molecule has 1 aromatic carbocycles. The molecule has 0 unspecified atom stereocenters. The Labute approximate surface area is 167 Å². The fourth-order valence-corrected chi connectivity index (χ4v) is 3.44. The molecule has 1 saturated carbocycles. The zero-order chi connectivity index (χ0) is 21.0. The summed E-state index contributed by atoms with van der Waals surface area (Å²) in [6.07, 6.45) is 3.71. The summed E-state index contributed by atoms with van der Waals surface area (Å²) in [5, 5.41) is 5.77. The van der Waals surface area contributed by atoms with Gasteiger partial charge in [-0.05, 0) is 63.7 Å². The van der Waals surface area contributed by atoms with E-state index < -0.39 is 24.1 Å². The topological polar surface area (TPSA) is 70.7 Å². The van der Waals surface area contributed by atoms with Crippen LogP contribution in [0.4, 0.5) is 13.2 Å². The molecule has 0 atom stereocenters. The second-order valence-corrected chi connectivity index (χ2v) is 8.09. The highest BCUT2D eigenvalue weighted by Crippen LogP contribution is 2.34. The van der Waals surface area contributed by atoms with E-state index in [4.69, 9.17) is 0 Å². The number of hydrogen-bond donors (Lipinski definition) is 2. The van der Waals surface area contributed by atoms with E-state index in [1.807, 2.05) is 6.92 Å². The van der Waals surface area contributed by atoms with Gasteiger partial charge in [-0.3, -0.25) is 14.5 Å². The number of likely N-dealkylation sites (tertiary alicyclic amines) is 1. The van der Waals surface area contributed by atoms with Gasteiger partial charge in [0.2, 0.25) is 5.91 Å². The van der Waals surface area contributed by atoms with Crippen molar-refractivity contribution in [2.45, 2.75) is 44.8 Å². The molecule has 2 aliphatic rings. The summed E-state index contributed by atoms with van der Waals surface area (Å²) in [4.78, 5) is 26.4. The van der Waals surface area contributed by atoms with Gasteiger partial charge in [0.25, 0.3) is 5.91 Å². The Morgan fingerprint density at radius 1 is 1.24 bits per heavy atom. The molecule has 6 nitrogen and oxygen atoms in total. The minimum atomic E-state index is -3.09. The van der Waals surface area contributed by atoms with Crippen LogP contribution in [0.5, 0.6) is 5.75 Å². The molecule has 0 bridgehead atoms. The molecule has 2 amide bonds. The molecule has 1 aliphatic heterocycles. The van der Waals surface area contributed by atoms with E-state index in [0.29, 0.717) is 13.1 Å². The van der Waals surface area contributed by atoms with E-state index in [2.05, 4.69) is 20.3 Å². The largest absolute Gasteiger partial charge is 0.435 e. The molecule has 3 rings (SSSR count). The minimum absolute atomic E-state index is 0.0170. The summed E-state index contributed by atoms with van der Waals surface area (Å²) in [7, 11) is 0. The number of ether oxygens (including phenoxy) is 1. The SMILES string of the molecule is CC1(NC(=O)CN2CCC(CNC(=O)c3cc(F)cc(OC(F)F)c3)CC2)CC1. The lowest BCUT2D eigenvalue weighted by Crippen LogP contribution is -2.45. The van der Waals surface area contributed by atoms with Crippen LogP contribution >= 0.6 is 0 Å². The van der Waals surface area contributed by atoms with Crippen molar-refractivity contribution in [2.24, 2.45) is 5.92 Å². The van der Waals surface area contributed by atoms with Crippen LogP contribution in [0.2, 0.25) is 0 Å². The fraction of sp³-hybridized carbons (Fsp3) is 0.600. The van der Waals surface area contributed by atoms with Gasteiger partial charge >= 0.3 is 6.61 Å². The van der Waals surface area contributed by atoms with E-state index in [9.17, 15) is 22.8 Å². The summed E-state index contributed by atoms with van der Waals surface area (Å²) in [6, 6.07) is 2.87. The predicted molar refractivity (Wildman–Crippen MR) is 100 cm³/mol. The van der Waals surface area contributed by atoms with Gasteiger partial charge in [-0.15, -0.1) is 0 Å². The van der Waals surface area contributed by atoms with Crippen LogP contribution in [0, 0.1) is 11.7 Å². The Kier molecular flexibility index (Phi) is 6.66. The number of halogens is 3. The maximum Gasteiger partial charge on any atom is 0.387 e. The van der Waals surface area contributed by atoms with E-state index in [1.54, 1.807) is 0 Å². The molecular formula is C20H26F3N3O3. The molecule has 2 fully saturated rings. The highest BCUT2D eigenvalue weighted by Gasteiger charge is 2.38. The second-order valence-electron chi connectivity index (χ2n) is 8.09. The molecule has 1 heterocycles. The van der Waals surface area contributed by atoms with Gasteiger partial charge in [-0.1, -0.05) is 0 Å². The van der Waals surface area contributed by atoms with Crippen molar-refractivity contribution in [1.29, 1.82) is 0 Å². The molecule has 29 heavy (non-hydrogen) atoms. The zero-order valence-corrected chi connectivity index (χ0v) is 16.3. The van der Waals surface area contributed by atoms with Gasteiger partial charge in [-0.2, -0.15) is 8.78 Å². The van der Waals surface area contributed by atoms with Crippen LogP contribution in [0.3, 0.4) is 0 Å². The first-order valence-electron chi connectivity index (χ1n) is 9.79. The minimum Gasteiger partial charge on any atom is -0.435 e. The molecule has 0 aromatic heterocycles. The number of alkyl halides is 2. The molecule has 0 spiro atoms. The Morgan fingerprint density at radius 3 is 2.55 bits per heavy atom. The standard InChI is InChI=1S/C20H26F3N3O3/c1-20(4-5-20)25-17(27)12-26-6-2-13(3-7-26)11-24-18(28)14-8-15(21)10-16(9-14)29-19(22)23/h8-10,13,19H,2-7,11-12H2,1H3,(H,24,28)(H,25,27). The zero-order valence-electron chi connectivity index (χ0n) is 16.3. The van der Waals surface area contributed by atoms with E-state index in [-0.39, 0.29) is 22.9 Å². The molecular weight excluding hydrogens is 387 g/mol. The average Bonchev–Trinajstić information content (AvgIpc) is 3.36. The van der Waals surface area contributed by atoms with Crippen molar-refractivity contribution in [2.75, 3.05) is 26.2 Å². The van der Waals surface area contributed by atoms with Crippen molar-refractivity contribution in [3.8, 4) is 5.75 Å². The smallest absolute Gasteiger partial charge is 0.387 e. The predicted octanol–water partition coefficient (Wildman–Crippen LogP) is 2.54. The number of amides is 2. The molecule has 1 saturated heterocycles. The van der Waals surface area contributed by atoms with E-state index in [1.165, 1.54) is 0 Å². The summed E-state index contributed by atoms with van der Waals surface area (Å²) < 4.78 is 42.3. The lowest BCUT2D eigenvalue weighted by molar-refractivity contribution is -0.123. The summed E-state index contributed by atoms with van der Waals surface area (Å²) >= 11 is 0. The third-order valence-corrected chi connectivity index (χ3v) is 5.43. The van der Waals surface area contributed by atoms with Crippen LogP contribution in [0.25, 0.3) is 0 Å². The lowest BCUT2D eigenvalue weighted by Gasteiger charge is -2.31. The highest BCUT2D eigenvalue weighted by atomic mass is 19.3. The molecule has 160 valence electrons. The van der Waals surface area contributed by atoms with Crippen LogP contribution < -0.4 is 15.4 Å². The number of carbonyl (C=O) groups is 2. The number of benzene rings is 1. The van der Waals surface area contributed by atoms with Gasteiger partial charge < -0.3 is 15.4 Å². The second kappa shape index (κ2) is 9.02. The van der Waals surface area contributed by atoms with Gasteiger partial charge in [0.05, 0.1) is 6.54 Å². The van der Waals surface area contributed by atoms with E-state index in [0.717, 1.165) is 57.0 Å². The van der Waals surface area contributed by atoms with Crippen molar-refractivity contribution in [3.63, 3.8) is 0 Å². The number of nitrogens with zero attached hydrogens (tertiary/aromatic N) is 1. The molecule has 1 aromatic rings. The molecule has 1 aliphatic carbocycles. The van der Waals surface area contributed by atoms with Crippen molar-refractivity contribution in [3.05, 3.63) is 29.6 Å². The monoisotopic (exact) mass is 413 g/mol. The fourth-order valence-electron chi connectivity index (χ4n) is 3.44. The first-order chi connectivity index (χ1) is 13.7. The van der Waals surface area contributed by atoms with Crippen molar-refractivity contribution < 1.29 is 27.5 Å². The van der Waals surface area contributed by atoms with Crippen LogP contribution in [-0.2, 0) is 4.79 Å². The Morgan fingerprint density at radius 2 is 1.93 bits per heavy atom. The van der Waals surface area contributed by atoms with Crippen LogP contribution in [-0.4, -0.2) is 55.0 Å². The number of hydrogen-bond acceptors (Lipinski definition) is 4. The number of nitrogens with one attached hydrogen (secondary N) is 2. The van der Waals surface area contributed by atoms with Crippen molar-refractivity contribution in [1.82, 2.24) is 15.5 Å². The van der Waals surface area contributed by atoms with Gasteiger partial charge in [0, 0.05) is 23.7 Å². The quantitative estimate of drug-likeness (QED) is 0.687. The average molecular weight is 413 g/mol. The number of piperidine rings is 1. The first-order valence-corrected chi connectivity index (χ1v) is 9.79. The third-order valence-electron chi connectivity index (χ3n) is 5.43. The number of carbonyl (C=O) groups excluding carboxylic acids is 2. The Bertz CT molecular complexity index is 748. The van der Waals surface area contributed by atoms with Gasteiger partial charge in [-0.25, -0.2) is 4.39 Å². The van der Waals surface area contributed by atoms with Gasteiger partial charge in [0.15, 0.2) is 0 Å². The maximum atomic E-state index is 13.5. The van der Waals surface area contributed by atoms with Gasteiger partial charge in [0.1, 0.15) is 11.6 Å². The molecule has 2 N–H and O–H groups in total. The maximum absolute atomic E-state index is 13.5. The summed E-state index contributed by atoms with van der Waals surface area (Å²) in [5.41, 5.74) is -0.0834. The Balaban J connectivity index is 1.41. The summed E-state index contributed by atoms with van der Waals surface area (Å²) in [6.45, 7) is 1.25. The third kappa shape index (κ3) is 6.62. The van der Waals surface area contributed by atoms with E-state index >= 15 is 0 Å². The first kappa shape index (κ1) is 21.4. The Hall–Kier alpha value is -2.29. The van der Waals surface area contributed by atoms with Crippen LogP contribution in [0.1, 0.15) is 43.0 Å².